The molecule has 0 unspecified atom stereocenters. The van der Waals surface area contributed by atoms with E-state index < -0.39 is 10.0 Å². The van der Waals surface area contributed by atoms with Gasteiger partial charge in [0, 0.05) is 18.7 Å². The number of fused-ring (bicyclic) bond motifs is 1. The molecule has 0 bridgehead atoms. The molecule has 36 heavy (non-hydrogen) atoms. The number of hydrogen-bond acceptors (Lipinski definition) is 6. The van der Waals surface area contributed by atoms with Gasteiger partial charge in [0.2, 0.25) is 10.0 Å². The van der Waals surface area contributed by atoms with Crippen molar-refractivity contribution in [2.24, 2.45) is 0 Å². The van der Waals surface area contributed by atoms with E-state index >= 15 is 0 Å². The van der Waals surface area contributed by atoms with Crippen LogP contribution in [0.5, 0.6) is 0 Å². The molecule has 0 spiro atoms. The number of sulfonamides is 1. The quantitative estimate of drug-likeness (QED) is 0.249. The highest BCUT2D eigenvalue weighted by molar-refractivity contribution is 7.89. The van der Waals surface area contributed by atoms with E-state index in [-0.39, 0.29) is 30.4 Å². The molecule has 0 radical (unpaired) electrons. The van der Waals surface area contributed by atoms with Gasteiger partial charge in [0.05, 0.1) is 27.9 Å². The van der Waals surface area contributed by atoms with Crippen LogP contribution in [0.3, 0.4) is 0 Å². The first-order chi connectivity index (χ1) is 17.2. The van der Waals surface area contributed by atoms with Crippen molar-refractivity contribution in [3.05, 3.63) is 103 Å². The first kappa shape index (κ1) is 25.6. The van der Waals surface area contributed by atoms with Crippen LogP contribution in [0.2, 0.25) is 0 Å². The van der Waals surface area contributed by atoms with E-state index in [0.717, 1.165) is 21.3 Å². The maximum absolute atomic E-state index is 13.7. The van der Waals surface area contributed by atoms with Gasteiger partial charge in [0.25, 0.3) is 5.91 Å². The van der Waals surface area contributed by atoms with E-state index in [0.29, 0.717) is 16.5 Å². The van der Waals surface area contributed by atoms with Crippen LogP contribution in [-0.2, 0) is 16.6 Å². The van der Waals surface area contributed by atoms with Crippen LogP contribution in [0.15, 0.2) is 89.4 Å². The summed E-state index contributed by atoms with van der Waals surface area (Å²) in [5, 5.41) is 0.542. The topological polar surface area (TPSA) is 83.7 Å². The first-order valence-electron chi connectivity index (χ1n) is 11.3. The predicted molar refractivity (Wildman–Crippen MR) is 144 cm³/mol. The van der Waals surface area contributed by atoms with Crippen LogP contribution >= 0.6 is 11.3 Å². The fourth-order valence-corrected chi connectivity index (χ4v) is 6.41. The van der Waals surface area contributed by atoms with Crippen molar-refractivity contribution in [1.29, 1.82) is 0 Å². The van der Waals surface area contributed by atoms with E-state index in [1.54, 1.807) is 23.3 Å². The summed E-state index contributed by atoms with van der Waals surface area (Å²) in [7, 11) is -3.77. The third-order valence-corrected chi connectivity index (χ3v) is 8.46. The van der Waals surface area contributed by atoms with E-state index in [4.69, 9.17) is 9.40 Å². The standard InChI is InChI=1S/C27H27N3O4S2/c1-5-13-29(14-6-2)36(32,33)23-11-9-21(10-12-23)26(31)30(18-22-8-7-15-34-22)27-28-25-20(4)16-19(3)17-24(25)35-27/h5-12,15-17H,1-2,13-14,18H2,3-4H3. The van der Waals surface area contributed by atoms with E-state index in [1.807, 2.05) is 13.8 Å². The number of benzene rings is 2. The highest BCUT2D eigenvalue weighted by Crippen LogP contribution is 2.33. The molecule has 0 fully saturated rings. The second kappa shape index (κ2) is 10.6. The third-order valence-electron chi connectivity index (χ3n) is 5.59. The largest absolute Gasteiger partial charge is 0.467 e. The highest BCUT2D eigenvalue weighted by Gasteiger charge is 2.26. The summed E-state index contributed by atoms with van der Waals surface area (Å²) in [5.41, 5.74) is 3.35. The zero-order valence-corrected chi connectivity index (χ0v) is 21.8. The molecule has 0 aliphatic carbocycles. The minimum absolute atomic E-state index is 0.0893. The van der Waals surface area contributed by atoms with Crippen LogP contribution in [-0.4, -0.2) is 36.7 Å². The lowest BCUT2D eigenvalue weighted by Gasteiger charge is -2.20. The Hall–Kier alpha value is -3.53. The van der Waals surface area contributed by atoms with Gasteiger partial charge in [-0.25, -0.2) is 13.4 Å². The van der Waals surface area contributed by atoms with Gasteiger partial charge in [-0.2, -0.15) is 4.31 Å². The SMILES string of the molecule is C=CCN(CC=C)S(=O)(=O)c1ccc(C(=O)N(Cc2ccco2)c2nc3c(C)cc(C)cc3s2)cc1. The molecule has 2 heterocycles. The van der Waals surface area contributed by atoms with Crippen LogP contribution in [0.1, 0.15) is 27.2 Å². The molecule has 0 aliphatic heterocycles. The minimum Gasteiger partial charge on any atom is -0.467 e. The predicted octanol–water partition coefficient (Wildman–Crippen LogP) is 5.72. The van der Waals surface area contributed by atoms with Gasteiger partial charge in [0.1, 0.15) is 5.76 Å². The summed E-state index contributed by atoms with van der Waals surface area (Å²) >= 11 is 1.43. The molecule has 0 saturated carbocycles. The van der Waals surface area contributed by atoms with Gasteiger partial charge in [-0.15, -0.1) is 13.2 Å². The summed E-state index contributed by atoms with van der Waals surface area (Å²) < 4.78 is 33.8. The fraction of sp³-hybridized carbons (Fsp3) is 0.185. The Kier molecular flexibility index (Phi) is 7.53. The van der Waals surface area contributed by atoms with Crippen molar-refractivity contribution < 1.29 is 17.6 Å². The number of aryl methyl sites for hydroxylation is 2. The molecular formula is C27H27N3O4S2. The molecule has 2 aromatic carbocycles. The van der Waals surface area contributed by atoms with Crippen molar-refractivity contribution in [2.45, 2.75) is 25.3 Å². The first-order valence-corrected chi connectivity index (χ1v) is 13.5. The van der Waals surface area contributed by atoms with Crippen molar-refractivity contribution in [3.8, 4) is 0 Å². The van der Waals surface area contributed by atoms with Gasteiger partial charge in [-0.3, -0.25) is 9.69 Å². The average molecular weight is 522 g/mol. The molecular weight excluding hydrogens is 494 g/mol. The normalized spacial score (nSPS) is 11.6. The molecule has 2 aromatic heterocycles. The van der Waals surface area contributed by atoms with Crippen LogP contribution in [0, 0.1) is 13.8 Å². The smallest absolute Gasteiger partial charge is 0.260 e. The summed E-state index contributed by atoms with van der Waals surface area (Å²) in [6.45, 7) is 11.8. The fourth-order valence-electron chi connectivity index (χ4n) is 3.89. The number of rotatable bonds is 10. The second-order valence-electron chi connectivity index (χ2n) is 8.32. The number of carbonyl (C=O) groups is 1. The van der Waals surface area contributed by atoms with E-state index in [2.05, 4.69) is 25.3 Å². The number of furan rings is 1. The Morgan fingerprint density at radius 2 is 1.78 bits per heavy atom. The molecule has 0 atom stereocenters. The van der Waals surface area contributed by atoms with Crippen LogP contribution in [0.4, 0.5) is 5.13 Å². The average Bonchev–Trinajstić information content (AvgIpc) is 3.52. The number of nitrogens with zero attached hydrogens (tertiary/aromatic N) is 3. The summed E-state index contributed by atoms with van der Waals surface area (Å²) in [6, 6.07) is 13.6. The summed E-state index contributed by atoms with van der Waals surface area (Å²) in [4.78, 5) is 20.1. The second-order valence-corrected chi connectivity index (χ2v) is 11.3. The number of anilines is 1. The number of aromatic nitrogens is 1. The molecule has 7 nitrogen and oxygen atoms in total. The molecule has 0 N–H and O–H groups in total. The van der Waals surface area contributed by atoms with Crippen LogP contribution < -0.4 is 4.90 Å². The molecule has 0 saturated heterocycles. The molecule has 4 aromatic rings. The Labute approximate surface area is 215 Å². The molecule has 4 rings (SSSR count). The van der Waals surface area contributed by atoms with Gasteiger partial charge < -0.3 is 4.42 Å². The summed E-state index contributed by atoms with van der Waals surface area (Å²) in [6.07, 6.45) is 4.60. The number of hydrogen-bond donors (Lipinski definition) is 0. The lowest BCUT2D eigenvalue weighted by molar-refractivity contribution is 0.0983. The van der Waals surface area contributed by atoms with E-state index in [9.17, 15) is 13.2 Å². The van der Waals surface area contributed by atoms with Gasteiger partial charge >= 0.3 is 0 Å². The highest BCUT2D eigenvalue weighted by atomic mass is 32.2. The monoisotopic (exact) mass is 521 g/mol. The lowest BCUT2D eigenvalue weighted by Crippen LogP contribution is -2.32. The maximum atomic E-state index is 13.7. The summed E-state index contributed by atoms with van der Waals surface area (Å²) in [5.74, 6) is 0.303. The molecule has 186 valence electrons. The van der Waals surface area contributed by atoms with Crippen molar-refractivity contribution in [2.75, 3.05) is 18.0 Å². The third kappa shape index (κ3) is 5.18. The Morgan fingerprint density at radius 3 is 2.39 bits per heavy atom. The molecule has 0 aliphatic rings. The van der Waals surface area contributed by atoms with E-state index in [1.165, 1.54) is 52.1 Å². The molecule has 1 amide bonds. The van der Waals surface area contributed by atoms with Crippen molar-refractivity contribution >= 4 is 42.6 Å². The maximum Gasteiger partial charge on any atom is 0.260 e. The lowest BCUT2D eigenvalue weighted by atomic mass is 10.1. The van der Waals surface area contributed by atoms with Crippen molar-refractivity contribution in [1.82, 2.24) is 9.29 Å². The Morgan fingerprint density at radius 1 is 1.08 bits per heavy atom. The van der Waals surface area contributed by atoms with Gasteiger partial charge in [-0.1, -0.05) is 29.6 Å². The molecule has 9 heteroatoms. The zero-order chi connectivity index (χ0) is 25.9. The Bertz CT molecular complexity index is 1490. The zero-order valence-electron chi connectivity index (χ0n) is 20.2. The van der Waals surface area contributed by atoms with Crippen LogP contribution in [0.25, 0.3) is 10.2 Å². The number of amides is 1. The minimum atomic E-state index is -3.77. The van der Waals surface area contributed by atoms with Gasteiger partial charge in [0.15, 0.2) is 5.13 Å². The van der Waals surface area contributed by atoms with Gasteiger partial charge in [-0.05, 0) is 67.4 Å². The number of thiazole rings is 1. The Balaban J connectivity index is 1.69. The van der Waals surface area contributed by atoms with Crippen molar-refractivity contribution in [3.63, 3.8) is 0 Å². The number of carbonyl (C=O) groups excluding carboxylic acids is 1.